The average Bonchev–Trinajstić information content (AvgIpc) is 2.41. The van der Waals surface area contributed by atoms with E-state index < -0.39 is 24.5 Å². The number of nitrogens with zero attached hydrogens (tertiary/aromatic N) is 1. The fourth-order valence-electron chi connectivity index (χ4n) is 2.14. The summed E-state index contributed by atoms with van der Waals surface area (Å²) in [6, 6.07) is -1.26. The minimum atomic E-state index is -1.03. The Hall–Kier alpha value is -0.280. The molecule has 0 saturated heterocycles. The molecule has 0 spiro atoms. The second kappa shape index (κ2) is 9.68. The van der Waals surface area contributed by atoms with Crippen LogP contribution in [0.2, 0.25) is 0 Å². The van der Waals surface area contributed by atoms with Crippen LogP contribution in [0, 0.1) is 11.8 Å². The van der Waals surface area contributed by atoms with Gasteiger partial charge in [-0.2, -0.15) is 0 Å². The lowest BCUT2D eigenvalue weighted by molar-refractivity contribution is -0.0745. The summed E-state index contributed by atoms with van der Waals surface area (Å²) in [5.74, 6) is 6.36. The lowest BCUT2D eigenvalue weighted by atomic mass is 10.0. The van der Waals surface area contributed by atoms with E-state index in [0.29, 0.717) is 12.3 Å². The maximum Gasteiger partial charge on any atom is 0.135 e. The van der Waals surface area contributed by atoms with E-state index in [2.05, 4.69) is 5.32 Å². The molecule has 128 valence electrons. The van der Waals surface area contributed by atoms with E-state index in [-0.39, 0.29) is 18.6 Å². The van der Waals surface area contributed by atoms with Crippen molar-refractivity contribution in [1.82, 2.24) is 10.3 Å². The first-order chi connectivity index (χ1) is 9.61. The van der Waals surface area contributed by atoms with Gasteiger partial charge in [0.05, 0.1) is 12.6 Å². The Morgan fingerprint density at radius 1 is 1.10 bits per heavy atom. The van der Waals surface area contributed by atoms with E-state index in [1.807, 2.05) is 27.7 Å². The summed E-state index contributed by atoms with van der Waals surface area (Å²) >= 11 is 0. The lowest BCUT2D eigenvalue weighted by Crippen LogP contribution is -2.60. The van der Waals surface area contributed by atoms with Crippen molar-refractivity contribution in [3.05, 3.63) is 0 Å². The topological polar surface area (TPSA) is 128 Å². The molecule has 0 radical (unpaired) electrons. The van der Waals surface area contributed by atoms with Crippen molar-refractivity contribution in [2.24, 2.45) is 23.4 Å². The minimum absolute atomic E-state index is 0.108. The standard InChI is InChI=1S/C14H34N4O3/c1-8(2)6-11(7-19)18(16)14(21)10(5)17-13(20)12(15)9(3)4/h8-14,17,19-21H,6-7,15-16H2,1-5H3/t10?,11?,12?,13?,14-/m0/s1. The largest absolute Gasteiger partial charge is 0.395 e. The SMILES string of the molecule is CC(C)CC(CO)N(N)[C@@H](O)C(C)NC(O)C(N)C(C)C. The average molecular weight is 306 g/mol. The van der Waals surface area contributed by atoms with Crippen molar-refractivity contribution in [2.45, 2.75) is 71.6 Å². The van der Waals surface area contributed by atoms with Crippen LogP contribution in [0.3, 0.4) is 0 Å². The van der Waals surface area contributed by atoms with Gasteiger partial charge in [-0.1, -0.05) is 27.7 Å². The Balaban J connectivity index is 4.56. The van der Waals surface area contributed by atoms with Gasteiger partial charge in [0.2, 0.25) is 0 Å². The highest BCUT2D eigenvalue weighted by Gasteiger charge is 2.29. The summed E-state index contributed by atoms with van der Waals surface area (Å²) < 4.78 is 0. The van der Waals surface area contributed by atoms with E-state index in [1.54, 1.807) is 6.92 Å². The van der Waals surface area contributed by atoms with Gasteiger partial charge in [-0.05, 0) is 25.2 Å². The van der Waals surface area contributed by atoms with Crippen LogP contribution in [-0.4, -0.2) is 57.5 Å². The molecule has 8 N–H and O–H groups in total. The van der Waals surface area contributed by atoms with Crippen molar-refractivity contribution in [3.8, 4) is 0 Å². The summed E-state index contributed by atoms with van der Waals surface area (Å²) in [6.45, 7) is 9.45. The zero-order chi connectivity index (χ0) is 16.7. The second-order valence-electron chi connectivity index (χ2n) is 6.55. The van der Waals surface area contributed by atoms with E-state index in [9.17, 15) is 15.3 Å². The molecule has 0 aliphatic carbocycles. The number of hydrazine groups is 1. The fourth-order valence-corrected chi connectivity index (χ4v) is 2.14. The third-order valence-corrected chi connectivity index (χ3v) is 3.70. The molecule has 4 unspecified atom stereocenters. The van der Waals surface area contributed by atoms with Gasteiger partial charge in [0.25, 0.3) is 0 Å². The second-order valence-corrected chi connectivity index (χ2v) is 6.55. The van der Waals surface area contributed by atoms with E-state index in [1.165, 1.54) is 5.01 Å². The van der Waals surface area contributed by atoms with Crippen LogP contribution in [0.5, 0.6) is 0 Å². The summed E-state index contributed by atoms with van der Waals surface area (Å²) in [6.07, 6.45) is -1.29. The molecule has 7 nitrogen and oxygen atoms in total. The molecule has 0 amide bonds. The van der Waals surface area contributed by atoms with Gasteiger partial charge < -0.3 is 21.1 Å². The number of aliphatic hydroxyl groups excluding tert-OH is 3. The Labute approximate surface area is 128 Å². The van der Waals surface area contributed by atoms with Crippen LogP contribution in [-0.2, 0) is 0 Å². The zero-order valence-corrected chi connectivity index (χ0v) is 13.9. The molecule has 0 aliphatic heterocycles. The van der Waals surface area contributed by atoms with Gasteiger partial charge in [-0.25, -0.2) is 5.01 Å². The first-order valence-electron chi connectivity index (χ1n) is 7.63. The Morgan fingerprint density at radius 2 is 1.62 bits per heavy atom. The molecule has 0 fully saturated rings. The van der Waals surface area contributed by atoms with Gasteiger partial charge in [-0.15, -0.1) is 0 Å². The van der Waals surface area contributed by atoms with Crippen LogP contribution in [0.4, 0.5) is 0 Å². The van der Waals surface area contributed by atoms with Crippen molar-refractivity contribution in [1.29, 1.82) is 0 Å². The maximum absolute atomic E-state index is 10.2. The minimum Gasteiger partial charge on any atom is -0.395 e. The van der Waals surface area contributed by atoms with Crippen molar-refractivity contribution >= 4 is 0 Å². The molecule has 0 heterocycles. The smallest absolute Gasteiger partial charge is 0.135 e. The quantitative estimate of drug-likeness (QED) is 0.176. The summed E-state index contributed by atoms with van der Waals surface area (Å²) in [5, 5.41) is 33.7. The lowest BCUT2D eigenvalue weighted by Gasteiger charge is -2.36. The number of hydrogen-bond acceptors (Lipinski definition) is 7. The van der Waals surface area contributed by atoms with Gasteiger partial charge in [0, 0.05) is 12.1 Å². The third-order valence-electron chi connectivity index (χ3n) is 3.70. The highest BCUT2D eigenvalue weighted by atomic mass is 16.3. The van der Waals surface area contributed by atoms with Crippen LogP contribution >= 0.6 is 0 Å². The Bertz CT molecular complexity index is 279. The van der Waals surface area contributed by atoms with E-state index in [4.69, 9.17) is 11.6 Å². The molecule has 21 heavy (non-hydrogen) atoms. The molecular weight excluding hydrogens is 272 g/mol. The van der Waals surface area contributed by atoms with Gasteiger partial charge >= 0.3 is 0 Å². The molecular formula is C14H34N4O3. The van der Waals surface area contributed by atoms with Crippen LogP contribution in [0.25, 0.3) is 0 Å². The summed E-state index contributed by atoms with van der Waals surface area (Å²) in [7, 11) is 0. The predicted molar refractivity (Wildman–Crippen MR) is 83.8 cm³/mol. The van der Waals surface area contributed by atoms with E-state index >= 15 is 0 Å². The Morgan fingerprint density at radius 3 is 2.00 bits per heavy atom. The number of nitrogens with two attached hydrogens (primary N) is 2. The fraction of sp³-hybridized carbons (Fsp3) is 1.00. The molecule has 0 aromatic rings. The van der Waals surface area contributed by atoms with Crippen molar-refractivity contribution in [3.63, 3.8) is 0 Å². The zero-order valence-electron chi connectivity index (χ0n) is 13.9. The molecule has 7 heteroatoms. The summed E-state index contributed by atoms with van der Waals surface area (Å²) in [4.78, 5) is 0. The normalized spacial score (nSPS) is 19.9. The monoisotopic (exact) mass is 306 g/mol. The van der Waals surface area contributed by atoms with Crippen molar-refractivity contribution in [2.75, 3.05) is 6.61 Å². The molecule has 0 saturated carbocycles. The van der Waals surface area contributed by atoms with Gasteiger partial charge in [0.1, 0.15) is 12.5 Å². The molecule has 0 aromatic carbocycles. The van der Waals surface area contributed by atoms with Crippen LogP contribution in [0.1, 0.15) is 41.0 Å². The molecule has 0 rings (SSSR count). The number of aliphatic hydroxyl groups is 3. The molecule has 5 atom stereocenters. The molecule has 0 aliphatic rings. The molecule has 0 aromatic heterocycles. The highest BCUT2D eigenvalue weighted by molar-refractivity contribution is 4.81. The number of nitrogens with one attached hydrogen (secondary N) is 1. The van der Waals surface area contributed by atoms with Crippen LogP contribution < -0.4 is 16.9 Å². The third kappa shape index (κ3) is 7.01. The predicted octanol–water partition coefficient (Wildman–Crippen LogP) is -0.833. The van der Waals surface area contributed by atoms with Crippen LogP contribution in [0.15, 0.2) is 0 Å². The maximum atomic E-state index is 10.2. The first-order valence-corrected chi connectivity index (χ1v) is 7.63. The van der Waals surface area contributed by atoms with Gasteiger partial charge in [-0.3, -0.25) is 11.2 Å². The van der Waals surface area contributed by atoms with E-state index in [0.717, 1.165) is 0 Å². The van der Waals surface area contributed by atoms with Crippen molar-refractivity contribution < 1.29 is 15.3 Å². The molecule has 0 bridgehead atoms. The number of hydrogen-bond donors (Lipinski definition) is 6. The number of rotatable bonds is 10. The Kier molecular flexibility index (Phi) is 9.55. The van der Waals surface area contributed by atoms with Gasteiger partial charge in [0.15, 0.2) is 0 Å². The highest BCUT2D eigenvalue weighted by Crippen LogP contribution is 2.12. The summed E-state index contributed by atoms with van der Waals surface area (Å²) in [5.41, 5.74) is 5.86. The first kappa shape index (κ1) is 20.7.